The fourth-order valence-corrected chi connectivity index (χ4v) is 1.05. The summed E-state index contributed by atoms with van der Waals surface area (Å²) in [4.78, 5) is 22.4. The van der Waals surface area contributed by atoms with E-state index in [1.165, 1.54) is 0 Å². The smallest absolute Gasteiger partial charge is 0.411 e. The molecule has 0 radical (unpaired) electrons. The van der Waals surface area contributed by atoms with Gasteiger partial charge in [-0.1, -0.05) is 13.8 Å². The first kappa shape index (κ1) is 15.4. The predicted octanol–water partition coefficient (Wildman–Crippen LogP) is 2.13. The number of allylic oxidation sites excluding steroid dienone is 1. The van der Waals surface area contributed by atoms with Gasteiger partial charge in [-0.25, -0.2) is 14.0 Å². The highest BCUT2D eigenvalue weighted by Gasteiger charge is 2.20. The van der Waals surface area contributed by atoms with Crippen molar-refractivity contribution >= 4 is 12.1 Å². The van der Waals surface area contributed by atoms with E-state index in [1.807, 2.05) is 5.32 Å². The quantitative estimate of drug-likeness (QED) is 0.597. The van der Waals surface area contributed by atoms with E-state index in [-0.39, 0.29) is 18.9 Å². The number of carbonyl (C=O) groups is 2. The van der Waals surface area contributed by atoms with E-state index in [4.69, 9.17) is 0 Å². The van der Waals surface area contributed by atoms with E-state index in [0.29, 0.717) is 0 Å². The fraction of sp³-hybridized carbons (Fsp3) is 0.636. The number of hydrogen-bond acceptors (Lipinski definition) is 4. The summed E-state index contributed by atoms with van der Waals surface area (Å²) >= 11 is 0. The lowest BCUT2D eigenvalue weighted by Crippen LogP contribution is -2.29. The molecule has 98 valence electrons. The number of ether oxygens (including phenoxy) is 2. The van der Waals surface area contributed by atoms with Crippen LogP contribution < -0.4 is 5.32 Å². The molecular formula is C11H18FNO4. The third-order valence-electron chi connectivity index (χ3n) is 1.75. The summed E-state index contributed by atoms with van der Waals surface area (Å²) in [6.45, 7) is 5.27. The third kappa shape index (κ3) is 5.89. The zero-order valence-electron chi connectivity index (χ0n) is 10.5. The van der Waals surface area contributed by atoms with Crippen LogP contribution >= 0.6 is 0 Å². The van der Waals surface area contributed by atoms with Crippen molar-refractivity contribution in [1.29, 1.82) is 0 Å². The van der Waals surface area contributed by atoms with E-state index in [9.17, 15) is 14.0 Å². The van der Waals surface area contributed by atoms with Gasteiger partial charge >= 0.3 is 12.1 Å². The molecule has 6 heteroatoms. The van der Waals surface area contributed by atoms with E-state index >= 15 is 0 Å². The van der Waals surface area contributed by atoms with Crippen LogP contribution in [0, 0.1) is 5.92 Å². The van der Waals surface area contributed by atoms with E-state index < -0.39 is 23.6 Å². The summed E-state index contributed by atoms with van der Waals surface area (Å²) in [6.07, 6.45) is -0.870. The summed E-state index contributed by atoms with van der Waals surface area (Å²) in [5, 5.41) is 2.03. The molecule has 0 saturated carbocycles. The molecule has 1 amide bonds. The van der Waals surface area contributed by atoms with Gasteiger partial charge in [0.1, 0.15) is 5.83 Å². The van der Waals surface area contributed by atoms with Gasteiger partial charge < -0.3 is 9.47 Å². The van der Waals surface area contributed by atoms with Crippen LogP contribution in [0.5, 0.6) is 0 Å². The number of methoxy groups -OCH3 is 1. The van der Waals surface area contributed by atoms with Gasteiger partial charge in [0.05, 0.1) is 13.7 Å². The van der Waals surface area contributed by atoms with Crippen molar-refractivity contribution in [3.8, 4) is 0 Å². The van der Waals surface area contributed by atoms with E-state index in [0.717, 1.165) is 7.11 Å². The highest BCUT2D eigenvalue weighted by Crippen LogP contribution is 2.16. The molecule has 5 nitrogen and oxygen atoms in total. The van der Waals surface area contributed by atoms with Crippen LogP contribution in [0.15, 0.2) is 11.5 Å². The molecule has 1 N–H and O–H groups in total. The minimum absolute atomic E-state index is 0.0128. The lowest BCUT2D eigenvalue weighted by atomic mass is 10.1. The first-order valence-corrected chi connectivity index (χ1v) is 5.33. The zero-order chi connectivity index (χ0) is 13.4. The second-order valence-electron chi connectivity index (χ2n) is 3.71. The summed E-state index contributed by atoms with van der Waals surface area (Å²) in [7, 11) is 1.12. The average Bonchev–Trinajstić information content (AvgIpc) is 2.24. The average molecular weight is 247 g/mol. The Morgan fingerprint density at radius 1 is 1.35 bits per heavy atom. The SMILES string of the molecule is CCOC(=O)/C(NC(=O)OC)=C(/F)CC(C)C. The molecule has 0 aliphatic carbocycles. The summed E-state index contributed by atoms with van der Waals surface area (Å²) < 4.78 is 22.6. The molecule has 0 heterocycles. The van der Waals surface area contributed by atoms with Crippen molar-refractivity contribution in [2.45, 2.75) is 27.2 Å². The van der Waals surface area contributed by atoms with Crippen molar-refractivity contribution in [1.82, 2.24) is 5.32 Å². The van der Waals surface area contributed by atoms with Gasteiger partial charge in [0.15, 0.2) is 5.70 Å². The molecule has 0 bridgehead atoms. The van der Waals surface area contributed by atoms with Gasteiger partial charge in [-0.2, -0.15) is 0 Å². The molecule has 17 heavy (non-hydrogen) atoms. The Bertz CT molecular complexity index is 313. The molecule has 0 fully saturated rings. The Balaban J connectivity index is 4.94. The largest absolute Gasteiger partial charge is 0.461 e. The van der Waals surface area contributed by atoms with Gasteiger partial charge in [-0.05, 0) is 12.8 Å². The molecule has 0 aromatic rings. The van der Waals surface area contributed by atoms with Crippen LogP contribution in [-0.2, 0) is 14.3 Å². The number of rotatable bonds is 5. The zero-order valence-corrected chi connectivity index (χ0v) is 10.5. The number of amides is 1. The summed E-state index contributed by atoms with van der Waals surface area (Å²) in [5.74, 6) is -1.61. The number of alkyl carbamates (subject to hydrolysis) is 1. The molecule has 0 rings (SSSR count). The number of carbonyl (C=O) groups excluding carboxylic acids is 2. The van der Waals surface area contributed by atoms with Crippen LogP contribution in [0.3, 0.4) is 0 Å². The fourth-order valence-electron chi connectivity index (χ4n) is 1.05. The molecular weight excluding hydrogens is 229 g/mol. The Morgan fingerprint density at radius 2 is 1.94 bits per heavy atom. The first-order chi connectivity index (χ1) is 7.92. The second kappa shape index (κ2) is 7.65. The topological polar surface area (TPSA) is 64.6 Å². The minimum Gasteiger partial charge on any atom is -0.461 e. The van der Waals surface area contributed by atoms with Crippen LogP contribution in [0.25, 0.3) is 0 Å². The maximum Gasteiger partial charge on any atom is 0.411 e. The van der Waals surface area contributed by atoms with Crippen LogP contribution in [0.4, 0.5) is 9.18 Å². The third-order valence-corrected chi connectivity index (χ3v) is 1.75. The van der Waals surface area contributed by atoms with Gasteiger partial charge in [-0.3, -0.25) is 5.32 Å². The van der Waals surface area contributed by atoms with Crippen molar-refractivity contribution < 1.29 is 23.5 Å². The van der Waals surface area contributed by atoms with Gasteiger partial charge in [0.2, 0.25) is 0 Å². The summed E-state index contributed by atoms with van der Waals surface area (Å²) in [6, 6.07) is 0. The van der Waals surface area contributed by atoms with Crippen molar-refractivity contribution in [2.75, 3.05) is 13.7 Å². The number of esters is 1. The Labute approximate surface area is 100.0 Å². The molecule has 0 atom stereocenters. The van der Waals surface area contributed by atoms with Crippen molar-refractivity contribution in [3.05, 3.63) is 11.5 Å². The normalized spacial score (nSPS) is 11.9. The molecule has 0 unspecified atom stereocenters. The maximum absolute atomic E-state index is 13.7. The Kier molecular flexibility index (Phi) is 6.93. The highest BCUT2D eigenvalue weighted by molar-refractivity contribution is 5.92. The lowest BCUT2D eigenvalue weighted by molar-refractivity contribution is -0.139. The van der Waals surface area contributed by atoms with Crippen LogP contribution in [0.1, 0.15) is 27.2 Å². The predicted molar refractivity (Wildman–Crippen MR) is 59.8 cm³/mol. The first-order valence-electron chi connectivity index (χ1n) is 5.33. The lowest BCUT2D eigenvalue weighted by Gasteiger charge is -2.10. The number of nitrogens with one attached hydrogen (secondary N) is 1. The monoisotopic (exact) mass is 247 g/mol. The molecule has 0 aliphatic rings. The van der Waals surface area contributed by atoms with E-state index in [1.54, 1.807) is 20.8 Å². The van der Waals surface area contributed by atoms with Crippen LogP contribution in [0.2, 0.25) is 0 Å². The van der Waals surface area contributed by atoms with Gasteiger partial charge in [-0.15, -0.1) is 0 Å². The number of halogens is 1. The molecule has 0 aromatic heterocycles. The Morgan fingerprint density at radius 3 is 2.35 bits per heavy atom. The molecule has 0 aromatic carbocycles. The van der Waals surface area contributed by atoms with Gasteiger partial charge in [0, 0.05) is 6.42 Å². The number of hydrogen-bond donors (Lipinski definition) is 1. The Hall–Kier alpha value is -1.59. The van der Waals surface area contributed by atoms with Crippen LogP contribution in [-0.4, -0.2) is 25.8 Å². The second-order valence-corrected chi connectivity index (χ2v) is 3.71. The highest BCUT2D eigenvalue weighted by atomic mass is 19.1. The van der Waals surface area contributed by atoms with Crippen molar-refractivity contribution in [3.63, 3.8) is 0 Å². The minimum atomic E-state index is -0.910. The van der Waals surface area contributed by atoms with E-state index in [2.05, 4.69) is 9.47 Å². The standard InChI is InChI=1S/C11H18FNO4/c1-5-17-10(14)9(13-11(15)16-4)8(12)6-7(2)3/h7H,5-6H2,1-4H3,(H,13,15)/b9-8-. The molecule has 0 aliphatic heterocycles. The maximum atomic E-state index is 13.7. The summed E-state index contributed by atoms with van der Waals surface area (Å²) in [5.41, 5.74) is -0.493. The van der Waals surface area contributed by atoms with Crippen molar-refractivity contribution in [2.24, 2.45) is 5.92 Å². The molecule has 0 spiro atoms. The molecule has 0 saturated heterocycles. The van der Waals surface area contributed by atoms with Gasteiger partial charge in [0.25, 0.3) is 0 Å².